The van der Waals surface area contributed by atoms with Crippen molar-refractivity contribution in [3.05, 3.63) is 20.8 Å². The van der Waals surface area contributed by atoms with Crippen LogP contribution in [-0.2, 0) is 4.79 Å². The molecule has 2 fully saturated rings. The lowest BCUT2D eigenvalue weighted by Crippen LogP contribution is -2.55. The number of carbonyl (C=O) groups excluding carboxylic acids is 1. The minimum atomic E-state index is -0.767. The number of thiophene rings is 1. The lowest BCUT2D eigenvalue weighted by molar-refractivity contribution is -0.139. The highest BCUT2D eigenvalue weighted by atomic mass is 79.9. The number of amides is 1. The molecule has 0 aliphatic heterocycles. The van der Waals surface area contributed by atoms with Gasteiger partial charge in [-0.3, -0.25) is 14.5 Å². The summed E-state index contributed by atoms with van der Waals surface area (Å²) in [5, 5.41) is 14.0. The summed E-state index contributed by atoms with van der Waals surface area (Å²) in [7, 11) is 0. The van der Waals surface area contributed by atoms with E-state index in [0.29, 0.717) is 10.8 Å². The molecule has 2 aliphatic carbocycles. The fraction of sp³-hybridized carbons (Fsp3) is 0.600. The number of aliphatic carboxylic acids is 1. The average Bonchev–Trinajstić information content (AvgIpc) is 3.10. The summed E-state index contributed by atoms with van der Waals surface area (Å²) in [6, 6.07) is 2.27. The topological polar surface area (TPSA) is 69.6 Å². The number of hydrogen-bond donors (Lipinski definition) is 2. The Balaban J connectivity index is 1.47. The van der Waals surface area contributed by atoms with E-state index in [2.05, 4.69) is 26.1 Å². The minimum Gasteiger partial charge on any atom is -0.480 e. The first-order chi connectivity index (χ1) is 10.5. The highest BCUT2D eigenvalue weighted by Gasteiger charge is 2.37. The van der Waals surface area contributed by atoms with Crippen LogP contribution in [0.3, 0.4) is 0 Å². The zero-order chi connectivity index (χ0) is 15.7. The van der Waals surface area contributed by atoms with E-state index >= 15 is 0 Å². The molecule has 120 valence electrons. The third-order valence-electron chi connectivity index (χ3n) is 4.28. The summed E-state index contributed by atoms with van der Waals surface area (Å²) in [6.45, 7) is 0.995. The van der Waals surface area contributed by atoms with E-state index in [0.717, 1.165) is 23.9 Å². The quantitative estimate of drug-likeness (QED) is 0.755. The normalized spacial score (nSPS) is 24.1. The van der Waals surface area contributed by atoms with E-state index in [4.69, 9.17) is 5.11 Å². The molecule has 0 unspecified atom stereocenters. The molecule has 0 atom stereocenters. The predicted molar refractivity (Wildman–Crippen MR) is 88.2 cm³/mol. The van der Waals surface area contributed by atoms with Gasteiger partial charge in [-0.2, -0.15) is 0 Å². The third-order valence-corrected chi connectivity index (χ3v) is 5.97. The lowest BCUT2D eigenvalue weighted by Gasteiger charge is -2.42. The van der Waals surface area contributed by atoms with Gasteiger partial charge in [0.15, 0.2) is 0 Å². The summed E-state index contributed by atoms with van der Waals surface area (Å²) >= 11 is 4.77. The average molecular weight is 387 g/mol. The molecular formula is C15H19BrN2O3S. The van der Waals surface area contributed by atoms with E-state index in [1.807, 2.05) is 11.4 Å². The van der Waals surface area contributed by atoms with Gasteiger partial charge in [0, 0.05) is 28.5 Å². The van der Waals surface area contributed by atoms with Crippen molar-refractivity contribution in [1.29, 1.82) is 0 Å². The van der Waals surface area contributed by atoms with Crippen molar-refractivity contribution in [3.63, 3.8) is 0 Å². The molecule has 0 bridgehead atoms. The maximum Gasteiger partial charge on any atom is 0.317 e. The summed E-state index contributed by atoms with van der Waals surface area (Å²) in [5.74, 6) is -0.126. The Morgan fingerprint density at radius 1 is 1.41 bits per heavy atom. The van der Waals surface area contributed by atoms with Crippen LogP contribution < -0.4 is 5.32 Å². The summed E-state index contributed by atoms with van der Waals surface area (Å²) in [5.41, 5.74) is 0. The van der Waals surface area contributed by atoms with Gasteiger partial charge in [0.25, 0.3) is 5.91 Å². The van der Waals surface area contributed by atoms with E-state index in [9.17, 15) is 9.59 Å². The Hall–Kier alpha value is -0.920. The highest BCUT2D eigenvalue weighted by Crippen LogP contribution is 2.34. The van der Waals surface area contributed by atoms with Gasteiger partial charge in [-0.1, -0.05) is 0 Å². The lowest BCUT2D eigenvalue weighted by atomic mass is 9.85. The van der Waals surface area contributed by atoms with Gasteiger partial charge in [-0.25, -0.2) is 0 Å². The Kier molecular flexibility index (Phi) is 4.84. The van der Waals surface area contributed by atoms with Crippen molar-refractivity contribution in [3.8, 4) is 0 Å². The van der Waals surface area contributed by atoms with E-state index in [1.54, 1.807) is 0 Å². The molecule has 2 N–H and O–H groups in total. The standard InChI is InChI=1S/C15H19BrN2O3S/c16-10-3-13(22-8-10)15(21)17-11-4-12(5-11)18(7-14(19)20)6-9-1-2-9/h3,8-9,11-12H,1-2,4-7H2,(H,17,21)(H,19,20). The first-order valence-electron chi connectivity index (χ1n) is 7.52. The second kappa shape index (κ2) is 6.68. The molecule has 3 rings (SSSR count). The van der Waals surface area contributed by atoms with Crippen LogP contribution in [0.15, 0.2) is 15.9 Å². The van der Waals surface area contributed by atoms with Gasteiger partial charge < -0.3 is 10.4 Å². The van der Waals surface area contributed by atoms with Crippen LogP contribution in [0, 0.1) is 5.92 Å². The predicted octanol–water partition coefficient (Wildman–Crippen LogP) is 2.57. The molecule has 0 radical (unpaired) electrons. The number of carbonyl (C=O) groups is 2. The number of rotatable bonds is 7. The third kappa shape index (κ3) is 4.08. The van der Waals surface area contributed by atoms with Crippen LogP contribution in [0.1, 0.15) is 35.4 Å². The molecule has 5 nitrogen and oxygen atoms in total. The molecule has 1 aromatic heterocycles. The molecule has 1 amide bonds. The number of carboxylic acid groups (broad SMARTS) is 1. The van der Waals surface area contributed by atoms with Crippen LogP contribution >= 0.6 is 27.3 Å². The first-order valence-corrected chi connectivity index (χ1v) is 9.19. The van der Waals surface area contributed by atoms with Crippen molar-refractivity contribution < 1.29 is 14.7 Å². The van der Waals surface area contributed by atoms with Gasteiger partial charge >= 0.3 is 5.97 Å². The minimum absolute atomic E-state index is 0.0360. The van der Waals surface area contributed by atoms with Crippen molar-refractivity contribution >= 4 is 39.1 Å². The Morgan fingerprint density at radius 3 is 2.68 bits per heavy atom. The van der Waals surface area contributed by atoms with Crippen molar-refractivity contribution in [2.24, 2.45) is 5.92 Å². The Morgan fingerprint density at radius 2 is 2.14 bits per heavy atom. The monoisotopic (exact) mass is 386 g/mol. The van der Waals surface area contributed by atoms with Gasteiger partial charge in [0.1, 0.15) is 0 Å². The molecule has 0 aromatic carbocycles. The van der Waals surface area contributed by atoms with E-state index in [-0.39, 0.29) is 24.5 Å². The molecule has 1 aromatic rings. The smallest absolute Gasteiger partial charge is 0.317 e. The largest absolute Gasteiger partial charge is 0.480 e. The van der Waals surface area contributed by atoms with Crippen molar-refractivity contribution in [2.45, 2.75) is 37.8 Å². The number of carboxylic acids is 1. The molecule has 2 saturated carbocycles. The van der Waals surface area contributed by atoms with E-state index < -0.39 is 5.97 Å². The van der Waals surface area contributed by atoms with Crippen molar-refractivity contribution in [2.75, 3.05) is 13.1 Å². The van der Waals surface area contributed by atoms with Gasteiger partial charge in [-0.15, -0.1) is 11.3 Å². The molecule has 0 spiro atoms. The zero-order valence-corrected chi connectivity index (χ0v) is 14.5. The maximum absolute atomic E-state index is 12.1. The maximum atomic E-state index is 12.1. The first kappa shape index (κ1) is 16.0. The van der Waals surface area contributed by atoms with Crippen LogP contribution in [0.5, 0.6) is 0 Å². The number of halogens is 1. The van der Waals surface area contributed by atoms with Gasteiger partial charge in [0.05, 0.1) is 11.4 Å². The second-order valence-electron chi connectivity index (χ2n) is 6.19. The fourth-order valence-electron chi connectivity index (χ4n) is 2.84. The van der Waals surface area contributed by atoms with Crippen LogP contribution in [-0.4, -0.2) is 47.1 Å². The second-order valence-corrected chi connectivity index (χ2v) is 8.02. The zero-order valence-electron chi connectivity index (χ0n) is 12.1. The van der Waals surface area contributed by atoms with Gasteiger partial charge in [-0.05, 0) is 53.6 Å². The van der Waals surface area contributed by atoms with Crippen LogP contribution in [0.4, 0.5) is 0 Å². The Bertz CT molecular complexity index is 567. The number of nitrogens with one attached hydrogen (secondary N) is 1. The van der Waals surface area contributed by atoms with Crippen molar-refractivity contribution in [1.82, 2.24) is 10.2 Å². The van der Waals surface area contributed by atoms with E-state index in [1.165, 1.54) is 24.2 Å². The summed E-state index contributed by atoms with van der Waals surface area (Å²) in [6.07, 6.45) is 4.13. The number of nitrogens with zero attached hydrogens (tertiary/aromatic N) is 1. The Labute approximate surface area is 141 Å². The summed E-state index contributed by atoms with van der Waals surface area (Å²) in [4.78, 5) is 25.8. The number of hydrogen-bond acceptors (Lipinski definition) is 4. The highest BCUT2D eigenvalue weighted by molar-refractivity contribution is 9.10. The molecular weight excluding hydrogens is 368 g/mol. The molecule has 0 saturated heterocycles. The molecule has 1 heterocycles. The fourth-order valence-corrected chi connectivity index (χ4v) is 4.17. The molecule has 2 aliphatic rings. The van der Waals surface area contributed by atoms with Crippen LogP contribution in [0.2, 0.25) is 0 Å². The summed E-state index contributed by atoms with van der Waals surface area (Å²) < 4.78 is 0.922. The SMILES string of the molecule is O=C(O)CN(CC1CC1)C1CC(NC(=O)c2cc(Br)cs2)C1. The molecule has 7 heteroatoms. The van der Waals surface area contributed by atoms with Crippen LogP contribution in [0.25, 0.3) is 0 Å². The van der Waals surface area contributed by atoms with Gasteiger partial charge in [0.2, 0.25) is 0 Å². The molecule has 22 heavy (non-hydrogen) atoms.